The Morgan fingerprint density at radius 2 is 2.30 bits per heavy atom. The Morgan fingerprint density at radius 3 is 3.00 bits per heavy atom. The van der Waals surface area contributed by atoms with Gasteiger partial charge in [-0.05, 0) is 37.2 Å². The first-order chi connectivity index (χ1) is 11.1. The van der Waals surface area contributed by atoms with Crippen LogP contribution in [0.1, 0.15) is 35.1 Å². The van der Waals surface area contributed by atoms with Gasteiger partial charge in [-0.25, -0.2) is 4.98 Å². The summed E-state index contributed by atoms with van der Waals surface area (Å²) in [5.74, 6) is 1.55. The summed E-state index contributed by atoms with van der Waals surface area (Å²) < 4.78 is 2.73. The van der Waals surface area contributed by atoms with Crippen LogP contribution >= 0.6 is 12.2 Å². The normalized spacial score (nSPS) is 13.8. The quantitative estimate of drug-likeness (QED) is 0.787. The molecule has 2 N–H and O–H groups in total. The third kappa shape index (κ3) is 3.58. The Morgan fingerprint density at radius 1 is 1.52 bits per heavy atom. The van der Waals surface area contributed by atoms with Gasteiger partial charge in [0.25, 0.3) is 5.91 Å². The van der Waals surface area contributed by atoms with Gasteiger partial charge in [0.1, 0.15) is 11.6 Å². The summed E-state index contributed by atoms with van der Waals surface area (Å²) in [7, 11) is 3.79. The fourth-order valence-corrected chi connectivity index (χ4v) is 2.72. The molecule has 0 radical (unpaired) electrons. The monoisotopic (exact) mass is 332 g/mol. The molecule has 1 aliphatic rings. The SMILES string of the molecule is CN(C)c1cc(C(=O)NCCc2n[nH]c(=S)n2C2CC2)ccn1. The van der Waals surface area contributed by atoms with Crippen molar-refractivity contribution in [2.45, 2.75) is 25.3 Å². The molecule has 8 heteroatoms. The molecule has 1 fully saturated rings. The van der Waals surface area contributed by atoms with E-state index < -0.39 is 0 Å². The molecule has 1 saturated carbocycles. The molecule has 7 nitrogen and oxygen atoms in total. The van der Waals surface area contributed by atoms with Gasteiger partial charge in [0.05, 0.1) is 0 Å². The van der Waals surface area contributed by atoms with Gasteiger partial charge in [0, 0.05) is 44.9 Å². The molecule has 2 aromatic rings. The Kier molecular flexibility index (Phi) is 4.42. The van der Waals surface area contributed by atoms with Crippen LogP contribution < -0.4 is 10.2 Å². The highest BCUT2D eigenvalue weighted by Gasteiger charge is 2.26. The highest BCUT2D eigenvalue weighted by atomic mass is 32.1. The molecular weight excluding hydrogens is 312 g/mol. The first-order valence-corrected chi connectivity index (χ1v) is 8.04. The van der Waals surface area contributed by atoms with E-state index in [9.17, 15) is 4.79 Å². The fourth-order valence-electron chi connectivity index (χ4n) is 2.42. The van der Waals surface area contributed by atoms with Gasteiger partial charge in [0.15, 0.2) is 4.77 Å². The summed E-state index contributed by atoms with van der Waals surface area (Å²) in [6.45, 7) is 0.519. The molecule has 3 rings (SSSR count). The predicted octanol–water partition coefficient (Wildman–Crippen LogP) is 1.71. The van der Waals surface area contributed by atoms with E-state index in [1.54, 1.807) is 18.3 Å². The van der Waals surface area contributed by atoms with Crippen molar-refractivity contribution in [2.24, 2.45) is 0 Å². The lowest BCUT2D eigenvalue weighted by atomic mass is 10.2. The van der Waals surface area contributed by atoms with Crippen LogP contribution in [-0.2, 0) is 6.42 Å². The number of carbonyl (C=O) groups excluding carboxylic acids is 1. The summed E-state index contributed by atoms with van der Waals surface area (Å²) in [6, 6.07) is 3.97. The third-order valence-electron chi connectivity index (χ3n) is 3.79. The van der Waals surface area contributed by atoms with Crippen LogP contribution in [0, 0.1) is 4.77 Å². The molecule has 0 spiro atoms. The van der Waals surface area contributed by atoms with Crippen LogP contribution in [0.4, 0.5) is 5.82 Å². The Labute approximate surface area is 139 Å². The highest BCUT2D eigenvalue weighted by Crippen LogP contribution is 2.35. The Bertz CT molecular complexity index is 761. The lowest BCUT2D eigenvalue weighted by Gasteiger charge is -2.12. The molecule has 2 aromatic heterocycles. The van der Waals surface area contributed by atoms with E-state index in [-0.39, 0.29) is 5.91 Å². The van der Waals surface area contributed by atoms with E-state index >= 15 is 0 Å². The maximum Gasteiger partial charge on any atom is 0.251 e. The number of hydrogen-bond acceptors (Lipinski definition) is 5. The number of nitrogens with one attached hydrogen (secondary N) is 2. The van der Waals surface area contributed by atoms with Gasteiger partial charge in [0.2, 0.25) is 0 Å². The molecule has 23 heavy (non-hydrogen) atoms. The molecule has 1 aliphatic carbocycles. The number of amides is 1. The number of H-pyrrole nitrogens is 1. The van der Waals surface area contributed by atoms with Crippen LogP contribution in [0.3, 0.4) is 0 Å². The first kappa shape index (κ1) is 15.7. The van der Waals surface area contributed by atoms with Gasteiger partial charge < -0.3 is 14.8 Å². The molecule has 0 bridgehead atoms. The lowest BCUT2D eigenvalue weighted by Crippen LogP contribution is -2.27. The minimum atomic E-state index is -0.109. The van der Waals surface area contributed by atoms with Gasteiger partial charge in [-0.2, -0.15) is 5.10 Å². The van der Waals surface area contributed by atoms with Gasteiger partial charge in [-0.15, -0.1) is 0 Å². The number of pyridine rings is 1. The number of carbonyl (C=O) groups is 1. The van der Waals surface area contributed by atoms with Crippen LogP contribution in [0.25, 0.3) is 0 Å². The standard InChI is InChI=1S/C15H20N6OS/c1-20(2)13-9-10(5-7-16-13)14(22)17-8-6-12-18-19-15(23)21(12)11-3-4-11/h5,7,9,11H,3-4,6,8H2,1-2H3,(H,17,22)(H,19,23). The largest absolute Gasteiger partial charge is 0.363 e. The Balaban J connectivity index is 1.59. The molecule has 0 unspecified atom stereocenters. The third-order valence-corrected chi connectivity index (χ3v) is 4.08. The zero-order chi connectivity index (χ0) is 16.4. The van der Waals surface area contributed by atoms with E-state index in [4.69, 9.17) is 12.2 Å². The topological polar surface area (TPSA) is 78.8 Å². The Hall–Kier alpha value is -2.22. The van der Waals surface area contributed by atoms with E-state index in [0.717, 1.165) is 24.5 Å². The van der Waals surface area contributed by atoms with Crippen molar-refractivity contribution in [3.63, 3.8) is 0 Å². The second kappa shape index (κ2) is 6.49. The molecule has 1 amide bonds. The molecule has 2 heterocycles. The predicted molar refractivity (Wildman–Crippen MR) is 90.3 cm³/mol. The van der Waals surface area contributed by atoms with E-state index in [1.165, 1.54) is 0 Å². The summed E-state index contributed by atoms with van der Waals surface area (Å²) in [4.78, 5) is 18.3. The molecule has 0 aliphatic heterocycles. The average Bonchev–Trinajstić information content (AvgIpc) is 3.31. The molecule has 0 saturated heterocycles. The number of rotatable bonds is 6. The maximum absolute atomic E-state index is 12.2. The molecular formula is C15H20N6OS. The van der Waals surface area contributed by atoms with Crippen LogP contribution in [-0.4, -0.2) is 46.3 Å². The minimum absolute atomic E-state index is 0.109. The molecule has 0 aromatic carbocycles. The first-order valence-electron chi connectivity index (χ1n) is 7.63. The number of hydrogen-bond donors (Lipinski definition) is 2. The minimum Gasteiger partial charge on any atom is -0.363 e. The number of aromatic nitrogens is 4. The van der Waals surface area contributed by atoms with Crippen molar-refractivity contribution in [3.05, 3.63) is 34.5 Å². The van der Waals surface area contributed by atoms with E-state index in [1.807, 2.05) is 19.0 Å². The van der Waals surface area contributed by atoms with E-state index in [2.05, 4.69) is 25.1 Å². The average molecular weight is 332 g/mol. The molecule has 122 valence electrons. The molecule has 0 atom stereocenters. The van der Waals surface area contributed by atoms with E-state index in [0.29, 0.717) is 29.3 Å². The smallest absolute Gasteiger partial charge is 0.251 e. The van der Waals surface area contributed by atoms with Crippen LogP contribution in [0.15, 0.2) is 18.3 Å². The van der Waals surface area contributed by atoms with Crippen LogP contribution in [0.5, 0.6) is 0 Å². The summed E-state index contributed by atoms with van der Waals surface area (Å²) in [6.07, 6.45) is 4.60. The second-order valence-corrected chi connectivity index (χ2v) is 6.24. The van der Waals surface area contributed by atoms with Gasteiger partial charge in [-0.1, -0.05) is 0 Å². The number of nitrogens with zero attached hydrogens (tertiary/aromatic N) is 4. The maximum atomic E-state index is 12.2. The van der Waals surface area contributed by atoms with Crippen molar-refractivity contribution < 1.29 is 4.79 Å². The second-order valence-electron chi connectivity index (χ2n) is 5.85. The van der Waals surface area contributed by atoms with Crippen molar-refractivity contribution >= 4 is 23.9 Å². The zero-order valence-corrected chi connectivity index (χ0v) is 14.1. The fraction of sp³-hybridized carbons (Fsp3) is 0.467. The van der Waals surface area contributed by atoms with Crippen LogP contribution in [0.2, 0.25) is 0 Å². The van der Waals surface area contributed by atoms with Gasteiger partial charge >= 0.3 is 0 Å². The summed E-state index contributed by atoms with van der Waals surface area (Å²) in [5.41, 5.74) is 0.602. The highest BCUT2D eigenvalue weighted by molar-refractivity contribution is 7.71. The van der Waals surface area contributed by atoms with Crippen molar-refractivity contribution in [3.8, 4) is 0 Å². The lowest BCUT2D eigenvalue weighted by molar-refractivity contribution is 0.0954. The summed E-state index contributed by atoms with van der Waals surface area (Å²) >= 11 is 5.25. The number of anilines is 1. The van der Waals surface area contributed by atoms with Crippen molar-refractivity contribution in [1.82, 2.24) is 25.1 Å². The summed E-state index contributed by atoms with van der Waals surface area (Å²) in [5, 5.41) is 10.0. The van der Waals surface area contributed by atoms with Crippen molar-refractivity contribution in [2.75, 3.05) is 25.5 Å². The van der Waals surface area contributed by atoms with Gasteiger partial charge in [-0.3, -0.25) is 9.89 Å². The van der Waals surface area contributed by atoms with Crippen molar-refractivity contribution in [1.29, 1.82) is 0 Å². The zero-order valence-electron chi connectivity index (χ0n) is 13.2. The number of aromatic amines is 1.